The van der Waals surface area contributed by atoms with Gasteiger partial charge in [0, 0.05) is 6.61 Å². The molecule has 0 saturated heterocycles. The zero-order chi connectivity index (χ0) is 16.5. The van der Waals surface area contributed by atoms with Crippen LogP contribution in [0.15, 0.2) is 0 Å². The molecule has 0 amide bonds. The molecular weight excluding hydrogens is 290 g/mol. The van der Waals surface area contributed by atoms with Gasteiger partial charge in [-0.25, -0.2) is 0 Å². The van der Waals surface area contributed by atoms with E-state index in [1.54, 1.807) is 11.8 Å². The number of aliphatic hydroxyl groups excluding tert-OH is 1. The number of rotatable bonds is 9. The molecule has 2 N–H and O–H groups in total. The second-order valence-electron chi connectivity index (χ2n) is 6.90. The SMILES string of the molecule is CC(C)(C)ON[C@@H](CCSCCCO)C(=O)OC(C)(C)C. The molecule has 0 heterocycles. The maximum Gasteiger partial charge on any atom is 0.326 e. The molecule has 126 valence electrons. The number of thioether (sulfide) groups is 1. The van der Waals surface area contributed by atoms with Crippen LogP contribution in [0.4, 0.5) is 0 Å². The van der Waals surface area contributed by atoms with Crippen LogP contribution in [0.3, 0.4) is 0 Å². The molecule has 0 bridgehead atoms. The number of hydroxylamine groups is 1. The highest BCUT2D eigenvalue weighted by molar-refractivity contribution is 7.99. The molecule has 0 radical (unpaired) electrons. The summed E-state index contributed by atoms with van der Waals surface area (Å²) in [6.45, 7) is 11.5. The van der Waals surface area contributed by atoms with Crippen molar-refractivity contribution in [3.05, 3.63) is 0 Å². The third kappa shape index (κ3) is 13.1. The molecule has 0 aromatic heterocycles. The summed E-state index contributed by atoms with van der Waals surface area (Å²) >= 11 is 1.71. The first-order chi connectivity index (χ1) is 9.55. The number of ether oxygens (including phenoxy) is 1. The minimum absolute atomic E-state index is 0.202. The van der Waals surface area contributed by atoms with Crippen molar-refractivity contribution < 1.29 is 19.5 Å². The van der Waals surface area contributed by atoms with Crippen LogP contribution in [0.25, 0.3) is 0 Å². The summed E-state index contributed by atoms with van der Waals surface area (Å²) in [5.74, 6) is 1.40. The molecular formula is C15H31NO4S. The Kier molecular flexibility index (Phi) is 9.53. The summed E-state index contributed by atoms with van der Waals surface area (Å²) in [7, 11) is 0. The van der Waals surface area contributed by atoms with Gasteiger partial charge in [-0.05, 0) is 65.9 Å². The van der Waals surface area contributed by atoms with Gasteiger partial charge in [-0.15, -0.1) is 0 Å². The second-order valence-corrected chi connectivity index (χ2v) is 8.12. The van der Waals surface area contributed by atoms with Gasteiger partial charge >= 0.3 is 5.97 Å². The first kappa shape index (κ1) is 20.7. The van der Waals surface area contributed by atoms with Gasteiger partial charge in [0.25, 0.3) is 0 Å². The van der Waals surface area contributed by atoms with E-state index in [4.69, 9.17) is 14.7 Å². The molecule has 0 spiro atoms. The van der Waals surface area contributed by atoms with Crippen LogP contribution in [0.2, 0.25) is 0 Å². The Bertz CT molecular complexity index is 297. The molecule has 5 nitrogen and oxygen atoms in total. The largest absolute Gasteiger partial charge is 0.459 e. The van der Waals surface area contributed by atoms with Crippen LogP contribution in [0.5, 0.6) is 0 Å². The van der Waals surface area contributed by atoms with Crippen LogP contribution in [0, 0.1) is 0 Å². The lowest BCUT2D eigenvalue weighted by atomic mass is 10.1. The Morgan fingerprint density at radius 3 is 2.24 bits per heavy atom. The monoisotopic (exact) mass is 321 g/mol. The number of carbonyl (C=O) groups excluding carboxylic acids is 1. The lowest BCUT2D eigenvalue weighted by molar-refractivity contribution is -0.167. The summed E-state index contributed by atoms with van der Waals surface area (Å²) in [5.41, 5.74) is 1.95. The van der Waals surface area contributed by atoms with Crippen LogP contribution < -0.4 is 5.48 Å². The van der Waals surface area contributed by atoms with Gasteiger partial charge in [0.05, 0.1) is 5.60 Å². The summed E-state index contributed by atoms with van der Waals surface area (Å²) < 4.78 is 5.41. The van der Waals surface area contributed by atoms with Crippen molar-refractivity contribution in [1.29, 1.82) is 0 Å². The Morgan fingerprint density at radius 1 is 1.14 bits per heavy atom. The third-order valence-corrected chi connectivity index (χ3v) is 3.30. The van der Waals surface area contributed by atoms with Crippen molar-refractivity contribution in [2.75, 3.05) is 18.1 Å². The minimum atomic E-state index is -0.511. The summed E-state index contributed by atoms with van der Waals surface area (Å²) in [6, 6.07) is -0.481. The topological polar surface area (TPSA) is 67.8 Å². The van der Waals surface area contributed by atoms with Crippen molar-refractivity contribution in [2.24, 2.45) is 0 Å². The maximum absolute atomic E-state index is 12.2. The molecule has 0 saturated carbocycles. The molecule has 0 aromatic rings. The summed E-state index contributed by atoms with van der Waals surface area (Å²) in [5, 5.41) is 8.74. The van der Waals surface area contributed by atoms with Gasteiger partial charge in [-0.1, -0.05) is 0 Å². The van der Waals surface area contributed by atoms with Crippen LogP contribution in [-0.4, -0.2) is 46.4 Å². The van der Waals surface area contributed by atoms with Gasteiger partial charge in [-0.2, -0.15) is 17.2 Å². The van der Waals surface area contributed by atoms with Crippen LogP contribution in [0.1, 0.15) is 54.4 Å². The Morgan fingerprint density at radius 2 is 1.76 bits per heavy atom. The average molecular weight is 321 g/mol. The predicted molar refractivity (Wildman–Crippen MR) is 87.3 cm³/mol. The molecule has 21 heavy (non-hydrogen) atoms. The number of hydrogen-bond donors (Lipinski definition) is 2. The lowest BCUT2D eigenvalue weighted by Gasteiger charge is -2.27. The number of aliphatic hydroxyl groups is 1. The second kappa shape index (κ2) is 9.66. The molecule has 0 aliphatic rings. The molecule has 0 aliphatic carbocycles. The fourth-order valence-electron chi connectivity index (χ4n) is 1.32. The normalized spacial score (nSPS) is 14.0. The van der Waals surface area contributed by atoms with Crippen molar-refractivity contribution >= 4 is 17.7 Å². The van der Waals surface area contributed by atoms with Gasteiger partial charge in [0.15, 0.2) is 0 Å². The van der Waals surface area contributed by atoms with Crippen LogP contribution >= 0.6 is 11.8 Å². The summed E-state index contributed by atoms with van der Waals surface area (Å²) in [6.07, 6.45) is 1.40. The third-order valence-electron chi connectivity index (χ3n) is 2.20. The van der Waals surface area contributed by atoms with E-state index in [0.717, 1.165) is 17.9 Å². The maximum atomic E-state index is 12.2. The highest BCUT2D eigenvalue weighted by atomic mass is 32.2. The molecule has 0 fully saturated rings. The molecule has 1 atom stereocenters. The first-order valence-corrected chi connectivity index (χ1v) is 8.55. The van der Waals surface area contributed by atoms with E-state index in [9.17, 15) is 4.79 Å². The number of nitrogens with one attached hydrogen (secondary N) is 1. The first-order valence-electron chi connectivity index (χ1n) is 7.40. The Hall–Kier alpha value is -0.300. The van der Waals surface area contributed by atoms with Gasteiger partial charge in [0.2, 0.25) is 0 Å². The van der Waals surface area contributed by atoms with Crippen molar-refractivity contribution in [1.82, 2.24) is 5.48 Å². The lowest BCUT2D eigenvalue weighted by Crippen LogP contribution is -2.44. The zero-order valence-corrected chi connectivity index (χ0v) is 15.0. The van der Waals surface area contributed by atoms with Crippen molar-refractivity contribution in [3.63, 3.8) is 0 Å². The minimum Gasteiger partial charge on any atom is -0.459 e. The number of carbonyl (C=O) groups is 1. The van der Waals surface area contributed by atoms with Gasteiger partial charge in [0.1, 0.15) is 11.6 Å². The smallest absolute Gasteiger partial charge is 0.326 e. The standard InChI is InChI=1S/C15H31NO4S/c1-14(2,3)19-13(18)12(16-20-15(4,5)6)8-11-21-10-7-9-17/h12,16-17H,7-11H2,1-6H3/t12-/m0/s1. The van der Waals surface area contributed by atoms with E-state index in [0.29, 0.717) is 6.42 Å². The summed E-state index contributed by atoms with van der Waals surface area (Å²) in [4.78, 5) is 17.7. The van der Waals surface area contributed by atoms with E-state index in [2.05, 4.69) is 5.48 Å². The van der Waals surface area contributed by atoms with E-state index >= 15 is 0 Å². The quantitative estimate of drug-likeness (QED) is 0.386. The molecule has 0 aromatic carbocycles. The Balaban J connectivity index is 4.36. The Labute approximate surface area is 133 Å². The average Bonchev–Trinajstić information content (AvgIpc) is 2.29. The molecule has 0 aliphatic heterocycles. The van der Waals surface area contributed by atoms with Crippen molar-refractivity contribution in [2.45, 2.75) is 71.6 Å². The van der Waals surface area contributed by atoms with Crippen molar-refractivity contribution in [3.8, 4) is 0 Å². The predicted octanol–water partition coefficient (Wildman–Crippen LogP) is 2.52. The van der Waals surface area contributed by atoms with E-state index in [1.165, 1.54) is 0 Å². The number of hydrogen-bond acceptors (Lipinski definition) is 6. The molecule has 0 unspecified atom stereocenters. The van der Waals surface area contributed by atoms with Gasteiger partial charge in [-0.3, -0.25) is 9.63 Å². The molecule has 6 heteroatoms. The fraction of sp³-hybridized carbons (Fsp3) is 0.933. The van der Waals surface area contributed by atoms with Crippen LogP contribution in [-0.2, 0) is 14.4 Å². The van der Waals surface area contributed by atoms with E-state index < -0.39 is 11.6 Å². The fourth-order valence-corrected chi connectivity index (χ4v) is 2.26. The highest BCUT2D eigenvalue weighted by Crippen LogP contribution is 2.14. The zero-order valence-electron chi connectivity index (χ0n) is 14.2. The van der Waals surface area contributed by atoms with E-state index in [1.807, 2.05) is 41.5 Å². The highest BCUT2D eigenvalue weighted by Gasteiger charge is 2.26. The van der Waals surface area contributed by atoms with Gasteiger partial charge < -0.3 is 9.84 Å². The molecule has 0 rings (SSSR count). The number of esters is 1. The van der Waals surface area contributed by atoms with E-state index in [-0.39, 0.29) is 18.2 Å².